The summed E-state index contributed by atoms with van der Waals surface area (Å²) in [5.41, 5.74) is 2.11. The summed E-state index contributed by atoms with van der Waals surface area (Å²) >= 11 is 1.76. The second-order valence-electron chi connectivity index (χ2n) is 13.2. The summed E-state index contributed by atoms with van der Waals surface area (Å²) in [6.07, 6.45) is 3.98. The fraction of sp³-hybridized carbons (Fsp3) is 0.469. The molecule has 1 saturated carbocycles. The molecular formula is C32H35BrFN7O4S. The lowest BCUT2D eigenvalue weighted by Gasteiger charge is -2.39. The highest BCUT2D eigenvalue weighted by Crippen LogP contribution is 2.54. The monoisotopic (exact) mass is 711 g/mol. The summed E-state index contributed by atoms with van der Waals surface area (Å²) in [6, 6.07) is 5.34. The summed E-state index contributed by atoms with van der Waals surface area (Å²) in [5.74, 6) is -0.811. The average molecular weight is 713 g/mol. The number of nitrogens with zero attached hydrogens (tertiary/aromatic N) is 7. The zero-order chi connectivity index (χ0) is 33.4. The van der Waals surface area contributed by atoms with Crippen LogP contribution in [0, 0.1) is 23.1 Å². The van der Waals surface area contributed by atoms with E-state index < -0.39 is 28.7 Å². The molecule has 4 aromatic rings. The van der Waals surface area contributed by atoms with Gasteiger partial charge in [-0.15, -0.1) is 0 Å². The molecule has 3 aromatic heterocycles. The van der Waals surface area contributed by atoms with E-state index >= 15 is 4.39 Å². The van der Waals surface area contributed by atoms with Gasteiger partial charge in [-0.05, 0) is 67.2 Å². The molecule has 0 N–H and O–H groups in total. The number of pyridine rings is 1. The third-order valence-corrected chi connectivity index (χ3v) is 10.5. The minimum absolute atomic E-state index is 0.0441. The van der Waals surface area contributed by atoms with Gasteiger partial charge in [0.25, 0.3) is 10.9 Å². The Morgan fingerprint density at radius 1 is 1.28 bits per heavy atom. The predicted molar refractivity (Wildman–Crippen MR) is 175 cm³/mol. The van der Waals surface area contributed by atoms with E-state index in [9.17, 15) is 19.4 Å². The molecule has 14 heteroatoms. The maximum Gasteiger partial charge on any atom is 0.410 e. The van der Waals surface area contributed by atoms with Crippen LogP contribution in [0.4, 0.5) is 9.18 Å². The lowest BCUT2D eigenvalue weighted by atomic mass is 9.79. The zero-order valence-corrected chi connectivity index (χ0v) is 29.1. The number of carbonyl (C=O) groups is 2. The third kappa shape index (κ3) is 5.12. The summed E-state index contributed by atoms with van der Waals surface area (Å²) < 4.78 is 38.9. The smallest absolute Gasteiger partial charge is 0.410 e. The van der Waals surface area contributed by atoms with Crippen molar-refractivity contribution in [1.82, 2.24) is 29.1 Å². The Labute approximate surface area is 277 Å². The van der Waals surface area contributed by atoms with Crippen LogP contribution in [0.2, 0.25) is 0 Å². The van der Waals surface area contributed by atoms with Gasteiger partial charge in [-0.2, -0.15) is 15.3 Å². The van der Waals surface area contributed by atoms with Crippen molar-refractivity contribution in [3.8, 4) is 17.3 Å². The van der Waals surface area contributed by atoms with Crippen molar-refractivity contribution in [3.63, 3.8) is 0 Å². The molecule has 0 radical (unpaired) electrons. The number of amides is 2. The normalized spacial score (nSPS) is 19.8. The van der Waals surface area contributed by atoms with Crippen LogP contribution in [-0.4, -0.2) is 84.2 Å². The van der Waals surface area contributed by atoms with Crippen molar-refractivity contribution in [2.75, 3.05) is 26.9 Å². The number of hydrogen-bond donors (Lipinski definition) is 0. The molecule has 5 heterocycles. The van der Waals surface area contributed by atoms with Crippen LogP contribution in [0.1, 0.15) is 55.7 Å². The van der Waals surface area contributed by atoms with Gasteiger partial charge >= 0.3 is 6.09 Å². The van der Waals surface area contributed by atoms with Crippen molar-refractivity contribution in [2.45, 2.75) is 62.7 Å². The molecule has 3 aliphatic rings. The molecule has 7 rings (SSSR count). The first kappa shape index (κ1) is 32.3. The number of nitriles is 1. The number of benzene rings is 1. The highest BCUT2D eigenvalue weighted by molar-refractivity contribution is 9.10. The number of halogens is 2. The van der Waals surface area contributed by atoms with Crippen LogP contribution in [0.3, 0.4) is 0 Å². The Hall–Kier alpha value is -3.67. The largest absolute Gasteiger partial charge is 0.610 e. The first-order valence-electron chi connectivity index (χ1n) is 14.9. The van der Waals surface area contributed by atoms with Crippen molar-refractivity contribution < 1.29 is 23.3 Å². The molecule has 2 aliphatic heterocycles. The number of rotatable bonds is 6. The van der Waals surface area contributed by atoms with Crippen molar-refractivity contribution >= 4 is 60.9 Å². The van der Waals surface area contributed by atoms with Gasteiger partial charge in [-0.25, -0.2) is 9.18 Å². The topological polar surface area (TPSA) is 132 Å². The maximum atomic E-state index is 16.1. The van der Waals surface area contributed by atoms with Crippen LogP contribution in [0.15, 0.2) is 27.8 Å². The molecular weight excluding hydrogens is 677 g/mol. The Kier molecular flexibility index (Phi) is 8.10. The summed E-state index contributed by atoms with van der Waals surface area (Å²) in [4.78, 5) is 34.6. The van der Waals surface area contributed by atoms with Crippen LogP contribution in [0.25, 0.3) is 33.1 Å². The van der Waals surface area contributed by atoms with E-state index in [-0.39, 0.29) is 45.3 Å². The Morgan fingerprint density at radius 3 is 2.63 bits per heavy atom. The van der Waals surface area contributed by atoms with Crippen LogP contribution in [0.5, 0.6) is 0 Å². The SMILES string of the molecule is CN(C)C(=O)c1c(-c2cc3c([S+](C)[O-])nc4c(F)c(Br)c(CCC#N)cc4c3n2[C@H]2[C@@H]3C[C@H]2N(C(=O)OC(C)(C)C)C3)cnn1C. The number of fused-ring (bicyclic) bond motifs is 4. The van der Waals surface area contributed by atoms with Gasteiger partial charge in [-0.1, -0.05) is 0 Å². The molecule has 242 valence electrons. The van der Waals surface area contributed by atoms with Gasteiger partial charge in [0.2, 0.25) is 0 Å². The van der Waals surface area contributed by atoms with Crippen LogP contribution in [-0.2, 0) is 29.4 Å². The van der Waals surface area contributed by atoms with E-state index in [1.165, 1.54) is 15.8 Å². The predicted octanol–water partition coefficient (Wildman–Crippen LogP) is 5.57. The molecule has 11 nitrogen and oxygen atoms in total. The summed E-state index contributed by atoms with van der Waals surface area (Å²) in [7, 11) is 5.03. The molecule has 2 bridgehead atoms. The molecule has 1 aromatic carbocycles. The number of aromatic nitrogens is 4. The highest BCUT2D eigenvalue weighted by atomic mass is 79.9. The summed E-state index contributed by atoms with van der Waals surface area (Å²) in [6.45, 7) is 5.96. The number of carbonyl (C=O) groups excluding carboxylic acids is 2. The molecule has 1 aliphatic carbocycles. The molecule has 4 atom stereocenters. The minimum Gasteiger partial charge on any atom is -0.610 e. The average Bonchev–Trinajstić information content (AvgIpc) is 3.74. The van der Waals surface area contributed by atoms with Crippen molar-refractivity contribution in [2.24, 2.45) is 13.0 Å². The van der Waals surface area contributed by atoms with E-state index in [2.05, 4.69) is 36.6 Å². The van der Waals surface area contributed by atoms with Crippen molar-refractivity contribution in [3.05, 3.63) is 39.9 Å². The second kappa shape index (κ2) is 11.5. The van der Waals surface area contributed by atoms with Gasteiger partial charge in [-0.3, -0.25) is 9.48 Å². The van der Waals surface area contributed by atoms with E-state index in [1.807, 2.05) is 32.9 Å². The molecule has 2 saturated heterocycles. The van der Waals surface area contributed by atoms with Gasteiger partial charge in [0.1, 0.15) is 23.1 Å². The van der Waals surface area contributed by atoms with Gasteiger partial charge in [0.05, 0.1) is 45.4 Å². The first-order chi connectivity index (χ1) is 21.6. The first-order valence-corrected chi connectivity index (χ1v) is 17.3. The molecule has 46 heavy (non-hydrogen) atoms. The second-order valence-corrected chi connectivity index (χ2v) is 15.3. The van der Waals surface area contributed by atoms with E-state index in [4.69, 9.17) is 4.74 Å². The molecule has 2 amide bonds. The molecule has 3 fully saturated rings. The lowest BCUT2D eigenvalue weighted by Crippen LogP contribution is -2.44. The van der Waals surface area contributed by atoms with Gasteiger partial charge < -0.3 is 23.7 Å². The maximum absolute atomic E-state index is 16.1. The Morgan fingerprint density at radius 2 is 2.00 bits per heavy atom. The van der Waals surface area contributed by atoms with Crippen LogP contribution >= 0.6 is 15.9 Å². The Balaban J connectivity index is 1.69. The quantitative estimate of drug-likeness (QED) is 0.239. The standard InChI is InChI=1S/C32H35BrFN7O4S/c1-32(2,3)45-31(43)40-15-17-12-22(40)26(17)41-21(20-14-36-39(6)28(20)30(42)38(4)5)13-19-27(41)18-11-16(9-8-10-35)23(33)24(34)25(18)37-29(19)46(7)44/h11,13-14,17,22,26H,8-9,12,15H2,1-7H3/t17-,22-,26+,46?/m1/s1. The van der Waals surface area contributed by atoms with E-state index in [0.29, 0.717) is 51.8 Å². The number of hydrogen-bond acceptors (Lipinski definition) is 7. The fourth-order valence-corrected chi connectivity index (χ4v) is 7.97. The summed E-state index contributed by atoms with van der Waals surface area (Å²) in [5, 5.41) is 15.0. The fourth-order valence-electron chi connectivity index (χ4n) is 6.79. The molecule has 0 spiro atoms. The molecule has 1 unspecified atom stereocenters. The number of ether oxygens (including phenoxy) is 1. The highest BCUT2D eigenvalue weighted by Gasteiger charge is 2.56. The van der Waals surface area contributed by atoms with E-state index in [1.54, 1.807) is 32.2 Å². The lowest BCUT2D eigenvalue weighted by molar-refractivity contribution is 0.0211. The van der Waals surface area contributed by atoms with E-state index in [0.717, 1.165) is 6.42 Å². The number of aryl methyl sites for hydroxylation is 2. The van der Waals surface area contributed by atoms with Crippen molar-refractivity contribution in [1.29, 1.82) is 5.26 Å². The third-order valence-electron chi connectivity index (χ3n) is 8.77. The Bertz CT molecular complexity index is 1960. The zero-order valence-electron chi connectivity index (χ0n) is 26.7. The minimum atomic E-state index is -1.61. The van der Waals surface area contributed by atoms with Gasteiger partial charge in [0.15, 0.2) is 5.82 Å². The van der Waals surface area contributed by atoms with Gasteiger partial charge in [0, 0.05) is 62.2 Å². The van der Waals surface area contributed by atoms with Crippen LogP contribution < -0.4 is 0 Å².